The van der Waals surface area contributed by atoms with Crippen molar-refractivity contribution in [3.05, 3.63) is 32.4 Å². The molecule has 0 unspecified atom stereocenters. The lowest BCUT2D eigenvalue weighted by atomic mass is 10.2. The van der Waals surface area contributed by atoms with Gasteiger partial charge in [0.1, 0.15) is 6.61 Å². The van der Waals surface area contributed by atoms with Crippen LogP contribution in [0, 0.1) is 3.57 Å². The molecule has 0 saturated heterocycles. The Kier molecular flexibility index (Phi) is 5.08. The third-order valence-corrected chi connectivity index (χ3v) is 3.09. The Hall–Kier alpha value is -0.470. The van der Waals surface area contributed by atoms with Crippen molar-refractivity contribution >= 4 is 40.1 Å². The zero-order valence-corrected chi connectivity index (χ0v) is 11.4. The lowest BCUT2D eigenvalue weighted by molar-refractivity contribution is -0.0462. The van der Waals surface area contributed by atoms with E-state index >= 15 is 0 Å². The average Bonchev–Trinajstić information content (AvgIpc) is 2.29. The first kappa shape index (κ1) is 14.6. The van der Waals surface area contributed by atoms with Crippen molar-refractivity contribution < 1.29 is 18.7 Å². The maximum atomic E-state index is 12.7. The van der Waals surface area contributed by atoms with Gasteiger partial charge in [-0.05, 0) is 40.8 Å². The van der Waals surface area contributed by atoms with E-state index in [1.54, 1.807) is 12.1 Å². The molecular formula is C10H9ClF2INO2. The third kappa shape index (κ3) is 4.36. The topological polar surface area (TPSA) is 49.3 Å². The van der Waals surface area contributed by atoms with E-state index in [-0.39, 0.29) is 5.56 Å². The van der Waals surface area contributed by atoms with Gasteiger partial charge in [-0.25, -0.2) is 8.78 Å². The average molecular weight is 376 g/mol. The second kappa shape index (κ2) is 5.92. The number of halogens is 4. The molecule has 7 heteroatoms. The monoisotopic (exact) mass is 375 g/mol. The van der Waals surface area contributed by atoms with Crippen molar-refractivity contribution in [2.75, 3.05) is 13.2 Å². The van der Waals surface area contributed by atoms with Crippen LogP contribution in [0.2, 0.25) is 5.02 Å². The summed E-state index contributed by atoms with van der Waals surface area (Å²) in [5, 5.41) is 10.7. The van der Waals surface area contributed by atoms with Crippen LogP contribution in [-0.4, -0.2) is 30.1 Å². The van der Waals surface area contributed by atoms with Crippen LogP contribution >= 0.6 is 34.2 Å². The molecule has 0 spiro atoms. The first-order chi connectivity index (χ1) is 7.85. The van der Waals surface area contributed by atoms with E-state index in [0.29, 0.717) is 8.59 Å². The molecule has 0 aliphatic rings. The second-order valence-corrected chi connectivity index (χ2v) is 4.92. The van der Waals surface area contributed by atoms with E-state index in [4.69, 9.17) is 16.7 Å². The van der Waals surface area contributed by atoms with Gasteiger partial charge >= 0.3 is 0 Å². The van der Waals surface area contributed by atoms with E-state index in [9.17, 15) is 13.6 Å². The van der Waals surface area contributed by atoms with Crippen LogP contribution in [-0.2, 0) is 0 Å². The zero-order valence-electron chi connectivity index (χ0n) is 8.51. The van der Waals surface area contributed by atoms with Gasteiger partial charge in [0.15, 0.2) is 0 Å². The molecule has 0 bridgehead atoms. The first-order valence-corrected chi connectivity index (χ1v) is 6.03. The Morgan fingerprint density at radius 2 is 2.18 bits per heavy atom. The molecule has 2 N–H and O–H groups in total. The molecule has 1 rings (SSSR count). The quantitative estimate of drug-likeness (QED) is 0.794. The molecule has 1 aromatic rings. The van der Waals surface area contributed by atoms with Crippen molar-refractivity contribution in [3.63, 3.8) is 0 Å². The number of hydrogen-bond donors (Lipinski definition) is 2. The summed E-state index contributed by atoms with van der Waals surface area (Å²) in [5.41, 5.74) is 0.229. The number of hydrogen-bond acceptors (Lipinski definition) is 2. The number of aliphatic hydroxyl groups excluding tert-OH is 1. The highest BCUT2D eigenvalue weighted by atomic mass is 127. The van der Waals surface area contributed by atoms with E-state index < -0.39 is 25.0 Å². The Labute approximate surface area is 115 Å². The number of benzene rings is 1. The molecule has 0 radical (unpaired) electrons. The fraction of sp³-hybridized carbons (Fsp3) is 0.300. The van der Waals surface area contributed by atoms with Crippen LogP contribution in [0.1, 0.15) is 10.4 Å². The van der Waals surface area contributed by atoms with Gasteiger partial charge in [0.2, 0.25) is 0 Å². The minimum Gasteiger partial charge on any atom is -0.390 e. The fourth-order valence-corrected chi connectivity index (χ4v) is 1.78. The maximum Gasteiger partial charge on any atom is 0.287 e. The van der Waals surface area contributed by atoms with Crippen molar-refractivity contribution in [2.24, 2.45) is 0 Å². The number of aliphatic hydroxyl groups is 1. The molecule has 0 saturated carbocycles. The summed E-state index contributed by atoms with van der Waals surface area (Å²) in [6, 6.07) is 4.61. The highest BCUT2D eigenvalue weighted by Crippen LogP contribution is 2.18. The number of carbonyl (C=O) groups excluding carboxylic acids is 1. The predicted molar refractivity (Wildman–Crippen MR) is 68.5 cm³/mol. The number of amides is 1. The minimum atomic E-state index is -3.32. The van der Waals surface area contributed by atoms with Gasteiger partial charge in [-0.15, -0.1) is 0 Å². The zero-order chi connectivity index (χ0) is 13.1. The van der Waals surface area contributed by atoms with Crippen LogP contribution in [0.3, 0.4) is 0 Å². The third-order valence-electron chi connectivity index (χ3n) is 1.91. The summed E-state index contributed by atoms with van der Waals surface area (Å²) >= 11 is 7.61. The Bertz CT molecular complexity index is 429. The van der Waals surface area contributed by atoms with Crippen molar-refractivity contribution in [1.29, 1.82) is 0 Å². The number of alkyl halides is 2. The molecule has 0 aromatic heterocycles. The largest absolute Gasteiger partial charge is 0.390 e. The minimum absolute atomic E-state index is 0.229. The van der Waals surface area contributed by atoms with Gasteiger partial charge in [0, 0.05) is 8.59 Å². The SMILES string of the molecule is O=C(NCC(F)(F)CO)c1cc(Cl)ccc1I. The van der Waals surface area contributed by atoms with Crippen molar-refractivity contribution in [1.82, 2.24) is 5.32 Å². The van der Waals surface area contributed by atoms with Crippen LogP contribution < -0.4 is 5.32 Å². The molecule has 17 heavy (non-hydrogen) atoms. The second-order valence-electron chi connectivity index (χ2n) is 3.32. The first-order valence-electron chi connectivity index (χ1n) is 4.57. The van der Waals surface area contributed by atoms with E-state index in [2.05, 4.69) is 0 Å². The van der Waals surface area contributed by atoms with Crippen LogP contribution in [0.25, 0.3) is 0 Å². The molecular weight excluding hydrogens is 366 g/mol. The van der Waals surface area contributed by atoms with Gasteiger partial charge in [-0.3, -0.25) is 4.79 Å². The van der Waals surface area contributed by atoms with Crippen LogP contribution in [0.4, 0.5) is 8.78 Å². The maximum absolute atomic E-state index is 12.7. The smallest absolute Gasteiger partial charge is 0.287 e. The highest BCUT2D eigenvalue weighted by Gasteiger charge is 2.28. The Balaban J connectivity index is 2.74. The van der Waals surface area contributed by atoms with Crippen molar-refractivity contribution in [3.8, 4) is 0 Å². The number of rotatable bonds is 4. The molecule has 0 aliphatic carbocycles. The molecule has 1 aromatic carbocycles. The summed E-state index contributed by atoms with van der Waals surface area (Å²) in [5.74, 6) is -3.97. The Morgan fingerprint density at radius 3 is 2.76 bits per heavy atom. The predicted octanol–water partition coefficient (Wildman–Crippen LogP) is 2.30. The molecule has 0 atom stereocenters. The van der Waals surface area contributed by atoms with Crippen molar-refractivity contribution in [2.45, 2.75) is 5.92 Å². The van der Waals surface area contributed by atoms with E-state index in [0.717, 1.165) is 0 Å². The van der Waals surface area contributed by atoms with Crippen LogP contribution in [0.5, 0.6) is 0 Å². The Morgan fingerprint density at radius 1 is 1.53 bits per heavy atom. The molecule has 0 heterocycles. The standard InChI is InChI=1S/C10H9ClF2INO2/c11-6-1-2-8(14)7(3-6)9(17)15-4-10(12,13)5-16/h1-3,16H,4-5H2,(H,15,17). The lowest BCUT2D eigenvalue weighted by Gasteiger charge is -2.14. The molecule has 0 aliphatic heterocycles. The number of nitrogens with one attached hydrogen (secondary N) is 1. The van der Waals surface area contributed by atoms with Gasteiger partial charge in [0.05, 0.1) is 12.1 Å². The summed E-state index contributed by atoms with van der Waals surface area (Å²) < 4.78 is 26.0. The van der Waals surface area contributed by atoms with Crippen LogP contribution in [0.15, 0.2) is 18.2 Å². The lowest BCUT2D eigenvalue weighted by Crippen LogP contribution is -2.39. The number of carbonyl (C=O) groups is 1. The summed E-state index contributed by atoms with van der Waals surface area (Å²) in [6.45, 7) is -2.22. The fourth-order valence-electron chi connectivity index (χ4n) is 1.03. The van der Waals surface area contributed by atoms with Gasteiger partial charge in [0.25, 0.3) is 11.8 Å². The molecule has 0 fully saturated rings. The normalized spacial score (nSPS) is 11.4. The molecule has 1 amide bonds. The van der Waals surface area contributed by atoms with Gasteiger partial charge in [-0.2, -0.15) is 0 Å². The molecule has 94 valence electrons. The van der Waals surface area contributed by atoms with Gasteiger partial charge < -0.3 is 10.4 Å². The van der Waals surface area contributed by atoms with Gasteiger partial charge in [-0.1, -0.05) is 11.6 Å². The summed E-state index contributed by atoms with van der Waals surface area (Å²) in [6.07, 6.45) is 0. The van der Waals surface area contributed by atoms with E-state index in [1.165, 1.54) is 6.07 Å². The highest BCUT2D eigenvalue weighted by molar-refractivity contribution is 14.1. The summed E-state index contributed by atoms with van der Waals surface area (Å²) in [4.78, 5) is 11.6. The summed E-state index contributed by atoms with van der Waals surface area (Å²) in [7, 11) is 0. The molecule has 3 nitrogen and oxygen atoms in total. The van der Waals surface area contributed by atoms with E-state index in [1.807, 2.05) is 27.9 Å².